The molecule has 0 aliphatic heterocycles. The van der Waals surface area contributed by atoms with Crippen molar-refractivity contribution in [3.8, 4) is 5.88 Å². The molecule has 2 N–H and O–H groups in total. The number of halogens is 1. The zero-order chi connectivity index (χ0) is 15.9. The summed E-state index contributed by atoms with van der Waals surface area (Å²) < 4.78 is 18.3. The number of hydrogen-bond acceptors (Lipinski definition) is 4. The zero-order valence-electron chi connectivity index (χ0n) is 12.3. The lowest BCUT2D eigenvalue weighted by atomic mass is 10.2. The van der Waals surface area contributed by atoms with E-state index in [-0.39, 0.29) is 18.1 Å². The second-order valence-electron chi connectivity index (χ2n) is 4.79. The number of nitrogens with two attached hydrogens (primary N) is 1. The Balaban J connectivity index is 2.23. The van der Waals surface area contributed by atoms with Crippen molar-refractivity contribution < 1.29 is 13.9 Å². The van der Waals surface area contributed by atoms with Gasteiger partial charge in [-0.25, -0.2) is 9.37 Å². The number of carbonyl (C=O) groups excluding carboxylic acids is 1. The van der Waals surface area contributed by atoms with E-state index in [2.05, 4.69) is 4.98 Å². The SMILES string of the molecule is COc1ncccc1CN(CCC(N)=O)c1ccc(F)cc1. The molecule has 116 valence electrons. The highest BCUT2D eigenvalue weighted by Crippen LogP contribution is 2.22. The van der Waals surface area contributed by atoms with Crippen LogP contribution in [-0.2, 0) is 11.3 Å². The fraction of sp³-hybridized carbons (Fsp3) is 0.250. The number of amides is 1. The number of anilines is 1. The highest BCUT2D eigenvalue weighted by atomic mass is 19.1. The smallest absolute Gasteiger partial charge is 0.219 e. The van der Waals surface area contributed by atoms with Gasteiger partial charge in [-0.15, -0.1) is 0 Å². The van der Waals surface area contributed by atoms with Gasteiger partial charge in [-0.05, 0) is 30.3 Å². The zero-order valence-corrected chi connectivity index (χ0v) is 12.3. The number of carbonyl (C=O) groups is 1. The third kappa shape index (κ3) is 4.18. The molecular weight excluding hydrogens is 285 g/mol. The monoisotopic (exact) mass is 303 g/mol. The quantitative estimate of drug-likeness (QED) is 0.850. The Morgan fingerprint density at radius 3 is 2.68 bits per heavy atom. The summed E-state index contributed by atoms with van der Waals surface area (Å²) in [4.78, 5) is 17.2. The lowest BCUT2D eigenvalue weighted by Gasteiger charge is -2.25. The van der Waals surface area contributed by atoms with Gasteiger partial charge >= 0.3 is 0 Å². The molecule has 0 radical (unpaired) electrons. The van der Waals surface area contributed by atoms with Crippen molar-refractivity contribution in [2.45, 2.75) is 13.0 Å². The van der Waals surface area contributed by atoms with Gasteiger partial charge in [0, 0.05) is 37.0 Å². The van der Waals surface area contributed by atoms with E-state index in [0.29, 0.717) is 19.0 Å². The first-order valence-corrected chi connectivity index (χ1v) is 6.87. The molecule has 1 heterocycles. The molecule has 6 heteroatoms. The summed E-state index contributed by atoms with van der Waals surface area (Å²) in [7, 11) is 1.55. The molecule has 0 fully saturated rings. The van der Waals surface area contributed by atoms with Crippen molar-refractivity contribution >= 4 is 11.6 Å². The standard InChI is InChI=1S/C16H18FN3O2/c1-22-16-12(3-2-9-19-16)11-20(10-8-15(18)21)14-6-4-13(17)5-7-14/h2-7,9H,8,10-11H2,1H3,(H2,18,21). The van der Waals surface area contributed by atoms with Gasteiger partial charge in [0.25, 0.3) is 0 Å². The fourth-order valence-corrected chi connectivity index (χ4v) is 2.13. The molecule has 0 aliphatic rings. The van der Waals surface area contributed by atoms with Gasteiger partial charge in [-0.2, -0.15) is 0 Å². The molecule has 2 aromatic rings. The van der Waals surface area contributed by atoms with E-state index in [1.54, 1.807) is 25.4 Å². The first-order chi connectivity index (χ1) is 10.6. The third-order valence-electron chi connectivity index (χ3n) is 3.22. The third-order valence-corrected chi connectivity index (χ3v) is 3.22. The molecule has 1 aromatic carbocycles. The molecule has 1 aromatic heterocycles. The summed E-state index contributed by atoms with van der Waals surface area (Å²) in [5.41, 5.74) is 6.90. The molecule has 0 atom stereocenters. The number of rotatable bonds is 7. The first-order valence-electron chi connectivity index (χ1n) is 6.87. The fourth-order valence-electron chi connectivity index (χ4n) is 2.13. The number of methoxy groups -OCH3 is 1. The maximum absolute atomic E-state index is 13.1. The molecule has 22 heavy (non-hydrogen) atoms. The Kier molecular flexibility index (Phi) is 5.30. The van der Waals surface area contributed by atoms with Crippen molar-refractivity contribution in [3.05, 3.63) is 54.0 Å². The normalized spacial score (nSPS) is 10.3. The van der Waals surface area contributed by atoms with Crippen LogP contribution < -0.4 is 15.4 Å². The summed E-state index contributed by atoms with van der Waals surface area (Å²) in [6, 6.07) is 9.81. The average Bonchev–Trinajstić information content (AvgIpc) is 2.52. The number of aromatic nitrogens is 1. The number of primary amides is 1. The summed E-state index contributed by atoms with van der Waals surface area (Å²) in [6.07, 6.45) is 1.86. The van der Waals surface area contributed by atoms with Crippen LogP contribution in [0.2, 0.25) is 0 Å². The molecule has 0 bridgehead atoms. The second-order valence-corrected chi connectivity index (χ2v) is 4.79. The summed E-state index contributed by atoms with van der Waals surface area (Å²) in [5.74, 6) is -0.170. The van der Waals surface area contributed by atoms with Crippen LogP contribution in [0.3, 0.4) is 0 Å². The summed E-state index contributed by atoms with van der Waals surface area (Å²) in [6.45, 7) is 0.912. The van der Waals surface area contributed by atoms with Gasteiger partial charge in [0.1, 0.15) is 5.82 Å². The van der Waals surface area contributed by atoms with E-state index in [1.165, 1.54) is 12.1 Å². The first kappa shape index (κ1) is 15.8. The van der Waals surface area contributed by atoms with Crippen LogP contribution in [0.15, 0.2) is 42.6 Å². The highest BCUT2D eigenvalue weighted by Gasteiger charge is 2.12. The van der Waals surface area contributed by atoms with Gasteiger partial charge in [-0.3, -0.25) is 4.79 Å². The maximum Gasteiger partial charge on any atom is 0.219 e. The molecule has 1 amide bonds. The molecule has 0 spiro atoms. The summed E-state index contributed by atoms with van der Waals surface area (Å²) in [5, 5.41) is 0. The van der Waals surface area contributed by atoms with Crippen LogP contribution in [0.1, 0.15) is 12.0 Å². The van der Waals surface area contributed by atoms with Gasteiger partial charge in [0.05, 0.1) is 7.11 Å². The van der Waals surface area contributed by atoms with Crippen LogP contribution in [0, 0.1) is 5.82 Å². The molecule has 2 rings (SSSR count). The van der Waals surface area contributed by atoms with E-state index in [0.717, 1.165) is 11.3 Å². The van der Waals surface area contributed by atoms with Crippen molar-refractivity contribution in [2.24, 2.45) is 5.73 Å². The minimum Gasteiger partial charge on any atom is -0.481 e. The van der Waals surface area contributed by atoms with Crippen molar-refractivity contribution in [1.29, 1.82) is 0 Å². The molecule has 0 saturated heterocycles. The number of ether oxygens (including phenoxy) is 1. The van der Waals surface area contributed by atoms with E-state index < -0.39 is 0 Å². The largest absolute Gasteiger partial charge is 0.481 e. The number of nitrogens with zero attached hydrogens (tertiary/aromatic N) is 2. The Labute approximate surface area is 128 Å². The Bertz CT molecular complexity index is 632. The highest BCUT2D eigenvalue weighted by molar-refractivity contribution is 5.74. The predicted octanol–water partition coefficient (Wildman–Crippen LogP) is 2.11. The van der Waals surface area contributed by atoms with Gasteiger partial charge in [0.2, 0.25) is 11.8 Å². The van der Waals surface area contributed by atoms with Gasteiger partial charge in [-0.1, -0.05) is 6.07 Å². The van der Waals surface area contributed by atoms with Crippen LogP contribution in [0.25, 0.3) is 0 Å². The molecule has 0 aliphatic carbocycles. The minimum absolute atomic E-state index is 0.208. The number of hydrogen-bond donors (Lipinski definition) is 1. The van der Waals surface area contributed by atoms with Crippen LogP contribution in [0.4, 0.5) is 10.1 Å². The van der Waals surface area contributed by atoms with Crippen molar-refractivity contribution in [3.63, 3.8) is 0 Å². The van der Waals surface area contributed by atoms with Crippen LogP contribution >= 0.6 is 0 Å². The Hall–Kier alpha value is -2.63. The van der Waals surface area contributed by atoms with Crippen molar-refractivity contribution in [1.82, 2.24) is 4.98 Å². The lowest BCUT2D eigenvalue weighted by Crippen LogP contribution is -2.28. The van der Waals surface area contributed by atoms with Crippen LogP contribution in [0.5, 0.6) is 5.88 Å². The van der Waals surface area contributed by atoms with Crippen LogP contribution in [-0.4, -0.2) is 24.5 Å². The molecule has 0 saturated carbocycles. The molecule has 5 nitrogen and oxygen atoms in total. The van der Waals surface area contributed by atoms with Crippen molar-refractivity contribution in [2.75, 3.05) is 18.6 Å². The predicted molar refractivity (Wildman–Crippen MR) is 82.1 cm³/mol. The lowest BCUT2D eigenvalue weighted by molar-refractivity contribution is -0.117. The Morgan fingerprint density at radius 2 is 2.05 bits per heavy atom. The minimum atomic E-state index is -0.384. The van der Waals surface area contributed by atoms with E-state index >= 15 is 0 Å². The average molecular weight is 303 g/mol. The number of pyridine rings is 1. The number of benzene rings is 1. The van der Waals surface area contributed by atoms with E-state index in [9.17, 15) is 9.18 Å². The van der Waals surface area contributed by atoms with E-state index in [4.69, 9.17) is 10.5 Å². The summed E-state index contributed by atoms with van der Waals surface area (Å²) >= 11 is 0. The Morgan fingerprint density at radius 1 is 1.32 bits per heavy atom. The molecular formula is C16H18FN3O2. The van der Waals surface area contributed by atoms with Gasteiger partial charge < -0.3 is 15.4 Å². The van der Waals surface area contributed by atoms with E-state index in [1.807, 2.05) is 17.0 Å². The van der Waals surface area contributed by atoms with Gasteiger partial charge in [0.15, 0.2) is 0 Å². The maximum atomic E-state index is 13.1. The topological polar surface area (TPSA) is 68.4 Å². The molecule has 0 unspecified atom stereocenters. The second kappa shape index (κ2) is 7.40.